The van der Waals surface area contributed by atoms with E-state index in [0.717, 1.165) is 24.3 Å². The van der Waals surface area contributed by atoms with Crippen LogP contribution in [-0.4, -0.2) is 44.7 Å². The summed E-state index contributed by atoms with van der Waals surface area (Å²) in [5.41, 5.74) is -1.74. The Bertz CT molecular complexity index is 1100. The lowest BCUT2D eigenvalue weighted by molar-refractivity contribution is -0.150. The predicted octanol–water partition coefficient (Wildman–Crippen LogP) is 4.53. The molecule has 2 aromatic heterocycles. The number of rotatable bonds is 5. The summed E-state index contributed by atoms with van der Waals surface area (Å²) < 4.78 is 84.0. The van der Waals surface area contributed by atoms with Gasteiger partial charge in [-0.15, -0.1) is 10.2 Å². The fourth-order valence-electron chi connectivity index (χ4n) is 4.16. The number of anilines is 1. The van der Waals surface area contributed by atoms with Gasteiger partial charge in [0.2, 0.25) is 0 Å². The van der Waals surface area contributed by atoms with Crippen LogP contribution in [0.4, 0.5) is 32.2 Å². The van der Waals surface area contributed by atoms with E-state index in [-0.39, 0.29) is 48.9 Å². The van der Waals surface area contributed by atoms with Crippen molar-refractivity contribution >= 4 is 5.82 Å². The van der Waals surface area contributed by atoms with Gasteiger partial charge in [0.25, 0.3) is 5.89 Å². The van der Waals surface area contributed by atoms with Gasteiger partial charge in [0.1, 0.15) is 6.61 Å². The zero-order valence-corrected chi connectivity index (χ0v) is 17.6. The lowest BCUT2D eigenvalue weighted by Gasteiger charge is -2.43. The highest BCUT2D eigenvalue weighted by atomic mass is 19.4. The molecule has 4 rings (SSSR count). The highest BCUT2D eigenvalue weighted by Crippen LogP contribution is 2.45. The van der Waals surface area contributed by atoms with E-state index in [1.54, 1.807) is 17.0 Å². The number of halogens is 6. The molecule has 0 unspecified atom stereocenters. The predicted molar refractivity (Wildman–Crippen MR) is 106 cm³/mol. The van der Waals surface area contributed by atoms with Crippen molar-refractivity contribution in [2.75, 3.05) is 18.0 Å². The molecule has 0 spiro atoms. The van der Waals surface area contributed by atoms with E-state index in [1.807, 2.05) is 0 Å². The average molecular weight is 487 g/mol. The maximum absolute atomic E-state index is 13.4. The van der Waals surface area contributed by atoms with Crippen LogP contribution in [0.5, 0.6) is 0 Å². The second-order valence-corrected chi connectivity index (χ2v) is 8.09. The van der Waals surface area contributed by atoms with Gasteiger partial charge < -0.3 is 14.5 Å². The van der Waals surface area contributed by atoms with E-state index < -0.39 is 36.4 Å². The van der Waals surface area contributed by atoms with Crippen LogP contribution >= 0.6 is 0 Å². The summed E-state index contributed by atoms with van der Waals surface area (Å²) in [5, 5.41) is 20.6. The van der Waals surface area contributed by atoms with Crippen molar-refractivity contribution in [1.29, 1.82) is 0 Å². The minimum Gasteiger partial charge on any atom is -0.388 e. The summed E-state index contributed by atoms with van der Waals surface area (Å²) in [6.07, 6.45) is -10.0. The van der Waals surface area contributed by atoms with Crippen LogP contribution in [0.1, 0.15) is 36.2 Å². The van der Waals surface area contributed by atoms with Crippen molar-refractivity contribution in [1.82, 2.24) is 20.3 Å². The Kier molecular flexibility index (Phi) is 6.23. The normalized spacial score (nSPS) is 16.6. The number of aliphatic hydroxyl groups excluding tert-OH is 1. The minimum atomic E-state index is -4.56. The van der Waals surface area contributed by atoms with Crippen LogP contribution < -0.4 is 4.90 Å². The molecule has 0 atom stereocenters. The number of aliphatic hydroxyl groups is 1. The standard InChI is InChI=1S/C21H19F6N5O2/c22-20(23,24)12-19(13-1-3-14(4-2-13)21(25,26)27)7-9-32(10-8-19)17-6-5-15(29-30-17)18-28-16(11-33)31-34-18/h1-6,33H,7-12H2. The summed E-state index contributed by atoms with van der Waals surface area (Å²) >= 11 is 0. The highest BCUT2D eigenvalue weighted by molar-refractivity contribution is 5.50. The van der Waals surface area contributed by atoms with E-state index in [1.165, 1.54) is 0 Å². The number of aromatic nitrogens is 4. The molecule has 182 valence electrons. The average Bonchev–Trinajstić information content (AvgIpc) is 3.28. The van der Waals surface area contributed by atoms with Gasteiger partial charge in [-0.1, -0.05) is 17.3 Å². The molecule has 0 radical (unpaired) electrons. The van der Waals surface area contributed by atoms with Gasteiger partial charge in [0.05, 0.1) is 12.0 Å². The Labute approximate surface area is 189 Å². The fraction of sp³-hybridized carbons (Fsp3) is 0.429. The lowest BCUT2D eigenvalue weighted by atomic mass is 9.70. The van der Waals surface area contributed by atoms with Gasteiger partial charge in [0, 0.05) is 18.5 Å². The van der Waals surface area contributed by atoms with E-state index in [4.69, 9.17) is 9.63 Å². The Balaban J connectivity index is 1.52. The van der Waals surface area contributed by atoms with Crippen molar-refractivity contribution in [2.24, 2.45) is 0 Å². The largest absolute Gasteiger partial charge is 0.416 e. The van der Waals surface area contributed by atoms with Gasteiger partial charge in [-0.2, -0.15) is 31.3 Å². The summed E-state index contributed by atoms with van der Waals surface area (Å²) in [6.45, 7) is 0.0160. The maximum atomic E-state index is 13.4. The maximum Gasteiger partial charge on any atom is 0.416 e. The second-order valence-electron chi connectivity index (χ2n) is 8.09. The Morgan fingerprint density at radius 3 is 2.12 bits per heavy atom. The summed E-state index contributed by atoms with van der Waals surface area (Å²) in [5.74, 6) is 0.577. The first-order valence-electron chi connectivity index (χ1n) is 10.3. The first kappa shape index (κ1) is 23.9. The second kappa shape index (κ2) is 8.85. The van der Waals surface area contributed by atoms with Crippen LogP contribution in [0.2, 0.25) is 0 Å². The number of piperidine rings is 1. The highest BCUT2D eigenvalue weighted by Gasteiger charge is 2.45. The van der Waals surface area contributed by atoms with Gasteiger partial charge in [-0.3, -0.25) is 0 Å². The zero-order chi connectivity index (χ0) is 24.6. The van der Waals surface area contributed by atoms with Gasteiger partial charge >= 0.3 is 12.4 Å². The molecule has 0 bridgehead atoms. The third kappa shape index (κ3) is 5.13. The van der Waals surface area contributed by atoms with Crippen molar-refractivity contribution in [3.05, 3.63) is 53.3 Å². The van der Waals surface area contributed by atoms with E-state index in [9.17, 15) is 26.3 Å². The zero-order valence-electron chi connectivity index (χ0n) is 17.6. The first-order valence-corrected chi connectivity index (χ1v) is 10.3. The molecule has 1 fully saturated rings. The molecule has 1 aliphatic rings. The van der Waals surface area contributed by atoms with E-state index >= 15 is 0 Å². The summed E-state index contributed by atoms with van der Waals surface area (Å²) in [7, 11) is 0. The monoisotopic (exact) mass is 487 g/mol. The number of hydrogen-bond acceptors (Lipinski definition) is 7. The topological polar surface area (TPSA) is 88.2 Å². The molecule has 1 N–H and O–H groups in total. The van der Waals surface area contributed by atoms with Crippen molar-refractivity contribution in [2.45, 2.75) is 43.6 Å². The molecule has 1 aliphatic heterocycles. The summed E-state index contributed by atoms with van der Waals surface area (Å²) in [6, 6.07) is 7.10. The van der Waals surface area contributed by atoms with Crippen molar-refractivity contribution < 1.29 is 36.0 Å². The van der Waals surface area contributed by atoms with Crippen LogP contribution in [0.3, 0.4) is 0 Å². The van der Waals surface area contributed by atoms with E-state index in [0.29, 0.717) is 5.82 Å². The van der Waals surface area contributed by atoms with Crippen LogP contribution in [0.25, 0.3) is 11.6 Å². The third-order valence-electron chi connectivity index (χ3n) is 5.89. The first-order chi connectivity index (χ1) is 16.0. The molecule has 0 amide bonds. The van der Waals surface area contributed by atoms with Crippen molar-refractivity contribution in [3.63, 3.8) is 0 Å². The number of nitrogens with zero attached hydrogens (tertiary/aromatic N) is 5. The summed E-state index contributed by atoms with van der Waals surface area (Å²) in [4.78, 5) is 5.69. The van der Waals surface area contributed by atoms with Crippen molar-refractivity contribution in [3.8, 4) is 11.6 Å². The molecular weight excluding hydrogens is 468 g/mol. The molecular formula is C21H19F6N5O2. The van der Waals surface area contributed by atoms with Gasteiger partial charge in [0.15, 0.2) is 17.3 Å². The lowest BCUT2D eigenvalue weighted by Crippen LogP contribution is -2.45. The molecule has 3 heterocycles. The van der Waals surface area contributed by atoms with Crippen LogP contribution in [-0.2, 0) is 18.2 Å². The Hall–Kier alpha value is -3.22. The van der Waals surface area contributed by atoms with E-state index in [2.05, 4.69) is 20.3 Å². The molecule has 13 heteroatoms. The van der Waals surface area contributed by atoms with Crippen LogP contribution in [0.15, 0.2) is 40.9 Å². The molecule has 0 saturated carbocycles. The molecule has 34 heavy (non-hydrogen) atoms. The number of alkyl halides is 6. The van der Waals surface area contributed by atoms with Gasteiger partial charge in [-0.05, 0) is 42.7 Å². The molecule has 0 aliphatic carbocycles. The molecule has 3 aromatic rings. The Morgan fingerprint density at radius 1 is 0.941 bits per heavy atom. The van der Waals surface area contributed by atoms with Gasteiger partial charge in [-0.25, -0.2) is 0 Å². The Morgan fingerprint density at radius 2 is 1.62 bits per heavy atom. The smallest absolute Gasteiger partial charge is 0.388 e. The molecule has 1 saturated heterocycles. The molecule has 7 nitrogen and oxygen atoms in total. The number of benzene rings is 1. The quantitative estimate of drug-likeness (QED) is 0.529. The van der Waals surface area contributed by atoms with Crippen LogP contribution in [0, 0.1) is 0 Å². The SMILES string of the molecule is OCc1noc(-c2ccc(N3CCC(CC(F)(F)F)(c4ccc(C(F)(F)F)cc4)CC3)nn2)n1. The number of hydrogen-bond donors (Lipinski definition) is 1. The molecule has 1 aromatic carbocycles. The third-order valence-corrected chi connectivity index (χ3v) is 5.89. The minimum absolute atomic E-state index is 0.0632. The fourth-order valence-corrected chi connectivity index (χ4v) is 4.16.